The predicted molar refractivity (Wildman–Crippen MR) is 95.0 cm³/mol. The van der Waals surface area contributed by atoms with Crippen LogP contribution in [0.4, 0.5) is 0 Å². The third-order valence-corrected chi connectivity index (χ3v) is 6.30. The molecule has 2 saturated carbocycles. The van der Waals surface area contributed by atoms with Crippen LogP contribution < -0.4 is 0 Å². The lowest BCUT2D eigenvalue weighted by atomic mass is 9.63. The fraction of sp³-hybridized carbons (Fsp3) is 0.619. The molecule has 0 radical (unpaired) electrons. The highest BCUT2D eigenvalue weighted by Crippen LogP contribution is 2.55. The first kappa shape index (κ1) is 16.7. The van der Waals surface area contributed by atoms with E-state index in [0.717, 1.165) is 37.7 Å². The van der Waals surface area contributed by atoms with Crippen molar-refractivity contribution >= 4 is 0 Å². The SMILES string of the molecule is C=C1/C(=C\C=C2/CCC[C@]3(C)C(C(C)O)=CCC23)CCC[C@@H]1O. The van der Waals surface area contributed by atoms with Crippen LogP contribution >= 0.6 is 0 Å². The van der Waals surface area contributed by atoms with Crippen molar-refractivity contribution in [1.29, 1.82) is 0 Å². The van der Waals surface area contributed by atoms with Gasteiger partial charge in [0.15, 0.2) is 0 Å². The quantitative estimate of drug-likeness (QED) is 0.739. The molecule has 0 aliphatic heterocycles. The molecule has 23 heavy (non-hydrogen) atoms. The number of aliphatic hydroxyl groups excluding tert-OH is 2. The van der Waals surface area contributed by atoms with E-state index >= 15 is 0 Å². The molecule has 3 aliphatic rings. The molecule has 0 spiro atoms. The fourth-order valence-electron chi connectivity index (χ4n) is 4.93. The number of aliphatic hydroxyl groups is 2. The summed E-state index contributed by atoms with van der Waals surface area (Å²) in [6.45, 7) is 8.29. The lowest BCUT2D eigenvalue weighted by Gasteiger charge is -2.41. The summed E-state index contributed by atoms with van der Waals surface area (Å²) in [4.78, 5) is 0. The molecule has 2 fully saturated rings. The van der Waals surface area contributed by atoms with Crippen LogP contribution in [-0.4, -0.2) is 22.4 Å². The molecule has 3 rings (SSSR count). The molecule has 2 N–H and O–H groups in total. The first-order valence-electron chi connectivity index (χ1n) is 9.09. The lowest BCUT2D eigenvalue weighted by molar-refractivity contribution is 0.158. The third kappa shape index (κ3) is 2.99. The Hall–Kier alpha value is -1.12. The highest BCUT2D eigenvalue weighted by molar-refractivity contribution is 5.39. The van der Waals surface area contributed by atoms with Gasteiger partial charge in [0, 0.05) is 0 Å². The molecule has 0 aromatic heterocycles. The van der Waals surface area contributed by atoms with E-state index in [4.69, 9.17) is 0 Å². The van der Waals surface area contributed by atoms with Crippen molar-refractivity contribution < 1.29 is 10.2 Å². The second-order valence-corrected chi connectivity index (χ2v) is 7.76. The Morgan fingerprint density at radius 3 is 2.83 bits per heavy atom. The zero-order chi connectivity index (χ0) is 16.6. The Morgan fingerprint density at radius 1 is 1.30 bits per heavy atom. The maximum atomic E-state index is 10.1. The average Bonchev–Trinajstić information content (AvgIpc) is 2.86. The van der Waals surface area contributed by atoms with Gasteiger partial charge in [0.25, 0.3) is 0 Å². The maximum absolute atomic E-state index is 10.1. The van der Waals surface area contributed by atoms with E-state index in [1.165, 1.54) is 29.6 Å². The maximum Gasteiger partial charge on any atom is 0.0787 e. The van der Waals surface area contributed by atoms with Gasteiger partial charge < -0.3 is 10.2 Å². The zero-order valence-corrected chi connectivity index (χ0v) is 14.5. The minimum Gasteiger partial charge on any atom is -0.389 e. The topological polar surface area (TPSA) is 40.5 Å². The molecule has 2 unspecified atom stereocenters. The van der Waals surface area contributed by atoms with Gasteiger partial charge in [-0.2, -0.15) is 0 Å². The van der Waals surface area contributed by atoms with E-state index in [-0.39, 0.29) is 17.6 Å². The molecule has 2 nitrogen and oxygen atoms in total. The molecule has 4 atom stereocenters. The standard InChI is InChI=1S/C21H30O2/c1-14-16(6-4-8-20(14)23)9-10-17-7-5-13-21(3)18(15(2)22)11-12-19(17)21/h9-11,15,19-20,22-23H,1,4-8,12-13H2,2-3H3/b16-9-,17-10+/t15?,19?,20-,21+/m0/s1. The van der Waals surface area contributed by atoms with E-state index in [1.807, 2.05) is 6.92 Å². The summed E-state index contributed by atoms with van der Waals surface area (Å²) in [5, 5.41) is 20.1. The monoisotopic (exact) mass is 314 g/mol. The molecular weight excluding hydrogens is 284 g/mol. The predicted octanol–water partition coefficient (Wildman–Crippen LogP) is 4.46. The van der Waals surface area contributed by atoms with Gasteiger partial charge in [-0.3, -0.25) is 0 Å². The van der Waals surface area contributed by atoms with E-state index in [9.17, 15) is 10.2 Å². The van der Waals surface area contributed by atoms with Crippen LogP contribution in [0.25, 0.3) is 0 Å². The molecule has 0 aromatic rings. The number of allylic oxidation sites excluding steroid dienone is 4. The smallest absolute Gasteiger partial charge is 0.0787 e. The van der Waals surface area contributed by atoms with Crippen LogP contribution in [-0.2, 0) is 0 Å². The molecule has 0 aromatic carbocycles. The minimum absolute atomic E-state index is 0.125. The molecule has 0 heterocycles. The molecule has 2 heteroatoms. The summed E-state index contributed by atoms with van der Waals surface area (Å²) in [5.41, 5.74) is 4.98. The Morgan fingerprint density at radius 2 is 2.09 bits per heavy atom. The summed E-state index contributed by atoms with van der Waals surface area (Å²) in [6, 6.07) is 0. The summed E-state index contributed by atoms with van der Waals surface area (Å²) in [7, 11) is 0. The van der Waals surface area contributed by atoms with Crippen LogP contribution in [0.3, 0.4) is 0 Å². The van der Waals surface area contributed by atoms with E-state index in [0.29, 0.717) is 5.92 Å². The lowest BCUT2D eigenvalue weighted by Crippen LogP contribution is -2.33. The molecule has 0 saturated heterocycles. The van der Waals surface area contributed by atoms with Gasteiger partial charge in [0.2, 0.25) is 0 Å². The molecule has 3 aliphatic carbocycles. The van der Waals surface area contributed by atoms with Gasteiger partial charge in [-0.15, -0.1) is 0 Å². The van der Waals surface area contributed by atoms with Gasteiger partial charge in [0.05, 0.1) is 12.2 Å². The molecular formula is C21H30O2. The number of hydrogen-bond donors (Lipinski definition) is 2. The average molecular weight is 314 g/mol. The van der Waals surface area contributed by atoms with Crippen LogP contribution in [0.2, 0.25) is 0 Å². The molecule has 126 valence electrons. The summed E-state index contributed by atoms with van der Waals surface area (Å²) in [6.07, 6.45) is 13.5. The van der Waals surface area contributed by atoms with Crippen LogP contribution in [0.5, 0.6) is 0 Å². The number of rotatable bonds is 2. The first-order valence-corrected chi connectivity index (χ1v) is 9.09. The van der Waals surface area contributed by atoms with E-state index < -0.39 is 0 Å². The van der Waals surface area contributed by atoms with Crippen molar-refractivity contribution in [3.05, 3.63) is 47.1 Å². The highest BCUT2D eigenvalue weighted by Gasteiger charge is 2.45. The van der Waals surface area contributed by atoms with Crippen LogP contribution in [0.15, 0.2) is 47.1 Å². The van der Waals surface area contributed by atoms with Crippen molar-refractivity contribution in [3.63, 3.8) is 0 Å². The Kier molecular flexibility index (Phi) is 4.66. The van der Waals surface area contributed by atoms with Crippen LogP contribution in [0.1, 0.15) is 58.8 Å². The van der Waals surface area contributed by atoms with Gasteiger partial charge in [-0.25, -0.2) is 0 Å². The Bertz CT molecular complexity index is 579. The van der Waals surface area contributed by atoms with Crippen molar-refractivity contribution in [3.8, 4) is 0 Å². The van der Waals surface area contributed by atoms with E-state index in [2.05, 4.69) is 31.7 Å². The number of fused-ring (bicyclic) bond motifs is 1. The van der Waals surface area contributed by atoms with Crippen molar-refractivity contribution in [2.24, 2.45) is 11.3 Å². The number of hydrogen-bond acceptors (Lipinski definition) is 2. The van der Waals surface area contributed by atoms with Crippen molar-refractivity contribution in [2.75, 3.05) is 0 Å². The van der Waals surface area contributed by atoms with Crippen LogP contribution in [0, 0.1) is 11.3 Å². The Labute approximate surface area is 140 Å². The summed E-state index contributed by atoms with van der Waals surface area (Å²) in [5.74, 6) is 0.527. The molecule has 0 bridgehead atoms. The van der Waals surface area contributed by atoms with Crippen molar-refractivity contribution in [1.82, 2.24) is 0 Å². The summed E-state index contributed by atoms with van der Waals surface area (Å²) < 4.78 is 0. The first-order chi connectivity index (χ1) is 10.9. The minimum atomic E-state index is -0.361. The molecule has 0 amide bonds. The second-order valence-electron chi connectivity index (χ2n) is 7.76. The third-order valence-electron chi connectivity index (χ3n) is 6.30. The van der Waals surface area contributed by atoms with Gasteiger partial charge in [-0.05, 0) is 79.9 Å². The van der Waals surface area contributed by atoms with Gasteiger partial charge in [0.1, 0.15) is 0 Å². The normalized spacial score (nSPS) is 39.5. The largest absolute Gasteiger partial charge is 0.389 e. The van der Waals surface area contributed by atoms with E-state index in [1.54, 1.807) is 0 Å². The summed E-state index contributed by atoms with van der Waals surface area (Å²) >= 11 is 0. The van der Waals surface area contributed by atoms with Crippen molar-refractivity contribution in [2.45, 2.75) is 71.0 Å². The fourth-order valence-corrected chi connectivity index (χ4v) is 4.93. The van der Waals surface area contributed by atoms with Gasteiger partial charge in [-0.1, -0.05) is 37.3 Å². The Balaban J connectivity index is 1.83. The van der Waals surface area contributed by atoms with Gasteiger partial charge >= 0.3 is 0 Å². The zero-order valence-electron chi connectivity index (χ0n) is 14.5. The second kappa shape index (κ2) is 6.41. The highest BCUT2D eigenvalue weighted by atomic mass is 16.3.